The molecule has 0 aliphatic rings. The number of benzene rings is 2. The van der Waals surface area contributed by atoms with Crippen molar-refractivity contribution in [2.24, 2.45) is 0 Å². The molecule has 0 aliphatic heterocycles. The summed E-state index contributed by atoms with van der Waals surface area (Å²) in [5.74, 6) is 0.339. The molecular formula is C13H10ClNO4P+. The number of nitro groups is 1. The fourth-order valence-electron chi connectivity index (χ4n) is 1.52. The van der Waals surface area contributed by atoms with Crippen LogP contribution >= 0.6 is 19.6 Å². The van der Waals surface area contributed by atoms with E-state index in [2.05, 4.69) is 0 Å². The molecule has 0 aromatic heterocycles. The minimum Gasteiger partial charge on any atom is -0.258 e. The maximum Gasteiger partial charge on any atom is 0.560 e. The van der Waals surface area contributed by atoms with Crippen LogP contribution in [-0.2, 0) is 10.7 Å². The van der Waals surface area contributed by atoms with Gasteiger partial charge in [0, 0.05) is 22.7 Å². The van der Waals surface area contributed by atoms with Crippen molar-refractivity contribution in [1.29, 1.82) is 0 Å². The average Bonchev–Trinajstić information content (AvgIpc) is 2.42. The van der Waals surface area contributed by atoms with Crippen LogP contribution in [0, 0.1) is 10.1 Å². The fraction of sp³-hybridized carbons (Fsp3) is 0.0769. The zero-order chi connectivity index (χ0) is 14.5. The molecule has 0 saturated carbocycles. The number of non-ortho nitro benzene ring substituents is 1. The maximum atomic E-state index is 11.8. The first-order chi connectivity index (χ1) is 9.54. The third kappa shape index (κ3) is 4.02. The average molecular weight is 311 g/mol. The van der Waals surface area contributed by atoms with Crippen LogP contribution in [0.3, 0.4) is 0 Å². The lowest BCUT2D eigenvalue weighted by Crippen LogP contribution is -1.89. The van der Waals surface area contributed by atoms with Crippen molar-refractivity contribution in [1.82, 2.24) is 0 Å². The van der Waals surface area contributed by atoms with E-state index in [1.807, 2.05) is 0 Å². The smallest absolute Gasteiger partial charge is 0.258 e. The lowest BCUT2D eigenvalue weighted by Gasteiger charge is -1.95. The second kappa shape index (κ2) is 6.46. The Bertz CT molecular complexity index is 628. The second-order valence-corrected chi connectivity index (χ2v) is 5.56. The van der Waals surface area contributed by atoms with E-state index in [1.54, 1.807) is 24.3 Å². The van der Waals surface area contributed by atoms with E-state index in [9.17, 15) is 14.7 Å². The Balaban J connectivity index is 1.97. The monoisotopic (exact) mass is 310 g/mol. The first-order valence-electron chi connectivity index (χ1n) is 5.66. The Morgan fingerprint density at radius 3 is 2.25 bits per heavy atom. The Morgan fingerprint density at radius 2 is 1.70 bits per heavy atom. The van der Waals surface area contributed by atoms with Crippen LogP contribution in [0.5, 0.6) is 5.75 Å². The summed E-state index contributed by atoms with van der Waals surface area (Å²) in [7, 11) is -1.93. The molecule has 0 radical (unpaired) electrons. The Kier molecular flexibility index (Phi) is 4.66. The first-order valence-corrected chi connectivity index (χ1v) is 7.40. The number of nitrogens with zero attached hydrogens (tertiary/aromatic N) is 1. The molecule has 0 aliphatic carbocycles. The molecule has 20 heavy (non-hydrogen) atoms. The highest BCUT2D eigenvalue weighted by molar-refractivity contribution is 7.38. The maximum absolute atomic E-state index is 11.8. The van der Waals surface area contributed by atoms with Gasteiger partial charge in [-0.25, -0.2) is 0 Å². The SMILES string of the molecule is O=[N+]([O-])c1ccc(O[P+](=O)Cc2ccc(Cl)cc2)cc1. The van der Waals surface area contributed by atoms with Crippen LogP contribution in [0.4, 0.5) is 5.69 Å². The Labute approximate surface area is 121 Å². The van der Waals surface area contributed by atoms with Gasteiger partial charge in [-0.2, -0.15) is 0 Å². The second-order valence-electron chi connectivity index (χ2n) is 3.96. The summed E-state index contributed by atoms with van der Waals surface area (Å²) in [4.78, 5) is 10.00. The predicted octanol–water partition coefficient (Wildman–Crippen LogP) is 4.57. The molecule has 5 nitrogen and oxygen atoms in total. The molecule has 7 heteroatoms. The van der Waals surface area contributed by atoms with Crippen molar-refractivity contribution in [3.05, 3.63) is 69.2 Å². The van der Waals surface area contributed by atoms with Gasteiger partial charge >= 0.3 is 8.03 Å². The molecule has 0 spiro atoms. The van der Waals surface area contributed by atoms with E-state index in [4.69, 9.17) is 16.1 Å². The van der Waals surface area contributed by atoms with Crippen molar-refractivity contribution in [3.8, 4) is 5.75 Å². The van der Waals surface area contributed by atoms with E-state index in [-0.39, 0.29) is 11.8 Å². The predicted molar refractivity (Wildman–Crippen MR) is 76.5 cm³/mol. The van der Waals surface area contributed by atoms with Gasteiger partial charge in [-0.15, -0.1) is 0 Å². The normalized spacial score (nSPS) is 10.9. The van der Waals surface area contributed by atoms with Gasteiger partial charge in [-0.3, -0.25) is 14.6 Å². The van der Waals surface area contributed by atoms with Crippen molar-refractivity contribution in [2.75, 3.05) is 0 Å². The molecule has 1 unspecified atom stereocenters. The molecule has 0 N–H and O–H groups in total. The summed E-state index contributed by atoms with van der Waals surface area (Å²) in [6.07, 6.45) is 0.253. The van der Waals surface area contributed by atoms with Crippen LogP contribution in [0.2, 0.25) is 5.02 Å². The van der Waals surface area contributed by atoms with Crippen LogP contribution in [0.1, 0.15) is 5.56 Å². The summed E-state index contributed by atoms with van der Waals surface area (Å²) >= 11 is 5.76. The van der Waals surface area contributed by atoms with Crippen molar-refractivity contribution in [3.63, 3.8) is 0 Å². The molecule has 2 aromatic carbocycles. The van der Waals surface area contributed by atoms with Gasteiger partial charge < -0.3 is 0 Å². The molecule has 1 atom stereocenters. The highest BCUT2D eigenvalue weighted by Crippen LogP contribution is 2.31. The van der Waals surface area contributed by atoms with Gasteiger partial charge in [-0.1, -0.05) is 23.7 Å². The summed E-state index contributed by atoms with van der Waals surface area (Å²) in [6, 6.07) is 12.4. The zero-order valence-electron chi connectivity index (χ0n) is 10.2. The highest BCUT2D eigenvalue weighted by atomic mass is 35.5. The standard InChI is InChI=1S/C13H10ClNO4P/c14-11-3-1-10(2-4-11)9-20(18)19-13-7-5-12(6-8-13)15(16)17/h1-8H,9H2/q+1. The van der Waals surface area contributed by atoms with Gasteiger partial charge in [0.25, 0.3) is 5.69 Å². The Hall–Kier alpha value is -1.97. The van der Waals surface area contributed by atoms with Crippen molar-refractivity contribution < 1.29 is 14.0 Å². The van der Waals surface area contributed by atoms with Crippen LogP contribution < -0.4 is 4.52 Å². The van der Waals surface area contributed by atoms with Crippen LogP contribution in [-0.4, -0.2) is 4.92 Å². The number of hydrogen-bond acceptors (Lipinski definition) is 4. The van der Waals surface area contributed by atoms with Crippen molar-refractivity contribution >= 4 is 25.3 Å². The topological polar surface area (TPSA) is 69.4 Å². The number of rotatable bonds is 5. The minimum atomic E-state index is -1.93. The van der Waals surface area contributed by atoms with E-state index in [1.165, 1.54) is 24.3 Å². The number of hydrogen-bond donors (Lipinski definition) is 0. The molecular weight excluding hydrogens is 301 g/mol. The molecule has 2 rings (SSSR count). The summed E-state index contributed by atoms with van der Waals surface area (Å²) in [5, 5.41) is 11.1. The largest absolute Gasteiger partial charge is 0.560 e. The highest BCUT2D eigenvalue weighted by Gasteiger charge is 2.20. The lowest BCUT2D eigenvalue weighted by molar-refractivity contribution is -0.384. The van der Waals surface area contributed by atoms with Gasteiger partial charge in [0.2, 0.25) is 6.16 Å². The summed E-state index contributed by atoms with van der Waals surface area (Å²) in [5.41, 5.74) is 0.808. The molecule has 0 bridgehead atoms. The number of halogens is 1. The van der Waals surface area contributed by atoms with Gasteiger partial charge in [0.15, 0.2) is 5.75 Å². The third-order valence-electron chi connectivity index (χ3n) is 2.48. The first kappa shape index (κ1) is 14.4. The molecule has 2 aromatic rings. The van der Waals surface area contributed by atoms with Gasteiger partial charge in [0.05, 0.1) is 4.92 Å². The van der Waals surface area contributed by atoms with Crippen molar-refractivity contribution in [2.45, 2.75) is 6.16 Å². The zero-order valence-corrected chi connectivity index (χ0v) is 11.9. The van der Waals surface area contributed by atoms with Crippen LogP contribution in [0.15, 0.2) is 48.5 Å². The molecule has 0 fully saturated rings. The molecule has 0 saturated heterocycles. The third-order valence-corrected chi connectivity index (χ3v) is 3.77. The van der Waals surface area contributed by atoms with E-state index in [0.717, 1.165) is 5.56 Å². The van der Waals surface area contributed by atoms with Gasteiger partial charge in [0.1, 0.15) is 0 Å². The van der Waals surface area contributed by atoms with E-state index < -0.39 is 13.0 Å². The van der Waals surface area contributed by atoms with Gasteiger partial charge in [-0.05, 0) is 28.8 Å². The molecule has 0 amide bonds. The van der Waals surface area contributed by atoms with Crippen LogP contribution in [0.25, 0.3) is 0 Å². The Morgan fingerprint density at radius 1 is 1.10 bits per heavy atom. The van der Waals surface area contributed by atoms with E-state index in [0.29, 0.717) is 10.8 Å². The molecule has 102 valence electrons. The fourth-order valence-corrected chi connectivity index (χ4v) is 2.57. The minimum absolute atomic E-state index is 0.0368. The summed E-state index contributed by atoms with van der Waals surface area (Å²) in [6.45, 7) is 0. The van der Waals surface area contributed by atoms with E-state index >= 15 is 0 Å². The summed E-state index contributed by atoms with van der Waals surface area (Å²) < 4.78 is 17.1. The molecule has 0 heterocycles. The lowest BCUT2D eigenvalue weighted by atomic mass is 10.2. The number of nitro benzene ring substituents is 1. The quantitative estimate of drug-likeness (QED) is 0.461.